The zero-order valence-corrected chi connectivity index (χ0v) is 27.3. The minimum absolute atomic E-state index is 0.0436. The predicted octanol–water partition coefficient (Wildman–Crippen LogP) is 8.19. The van der Waals surface area contributed by atoms with E-state index in [1.807, 2.05) is 12.1 Å². The van der Waals surface area contributed by atoms with E-state index in [-0.39, 0.29) is 35.1 Å². The minimum atomic E-state index is -0.372. The smallest absolute Gasteiger partial charge is 0.410 e. The van der Waals surface area contributed by atoms with Crippen LogP contribution in [0.5, 0.6) is 5.75 Å². The largest absolute Gasteiger partial charge is 0.415 e. The number of carbonyl (C=O) groups is 2. The third-order valence-electron chi connectivity index (χ3n) is 12.1. The van der Waals surface area contributed by atoms with Gasteiger partial charge in [-0.3, -0.25) is 4.79 Å². The summed E-state index contributed by atoms with van der Waals surface area (Å²) in [6.45, 7) is 5.75. The standard InChI is InChI=1S/C38H49FN2O5/c1-3-30-21-26-19-25(2)20-31(22-26)38(30)24-37(45-46-38)16-4-5-29(23-37)27-8-12-34(13-9-27)44-36(43)41-17-14-33(15-18-41)40-35(42)28-6-10-32(39)11-7-28/h6-13,25-26,29-31,33H,3-5,14-24H2,1-2H3,(H,40,42)/t25?,26?,29?,30?,31?,37-,38+/m1/s1. The number of fused-ring (bicyclic) bond motifs is 3. The minimum Gasteiger partial charge on any atom is -0.410 e. The molecule has 2 heterocycles. The Morgan fingerprint density at radius 1 is 0.978 bits per heavy atom. The van der Waals surface area contributed by atoms with Crippen LogP contribution in [0.25, 0.3) is 0 Å². The fourth-order valence-corrected chi connectivity index (χ4v) is 9.83. The van der Waals surface area contributed by atoms with Crippen molar-refractivity contribution < 1.29 is 28.5 Å². The van der Waals surface area contributed by atoms with Crippen LogP contribution in [0, 0.1) is 29.5 Å². The lowest BCUT2D eigenvalue weighted by atomic mass is 9.54. The van der Waals surface area contributed by atoms with Crippen LogP contribution in [-0.4, -0.2) is 47.2 Å². The first-order chi connectivity index (χ1) is 22.2. The quantitative estimate of drug-likeness (QED) is 0.337. The van der Waals surface area contributed by atoms with Crippen LogP contribution in [0.2, 0.25) is 0 Å². The summed E-state index contributed by atoms with van der Waals surface area (Å²) in [4.78, 5) is 40.2. The Bertz CT molecular complexity index is 1390. The maximum atomic E-state index is 13.2. The van der Waals surface area contributed by atoms with Gasteiger partial charge in [-0.05, 0) is 136 Å². The molecule has 2 bridgehead atoms. The highest BCUT2D eigenvalue weighted by Gasteiger charge is 2.62. The van der Waals surface area contributed by atoms with Crippen molar-refractivity contribution in [1.29, 1.82) is 0 Å². The Morgan fingerprint density at radius 2 is 1.74 bits per heavy atom. The molecule has 1 N–H and O–H groups in total. The number of hydrogen-bond donors (Lipinski definition) is 1. The number of hydrogen-bond acceptors (Lipinski definition) is 5. The Kier molecular flexibility index (Phi) is 8.87. The first-order valence-corrected chi connectivity index (χ1v) is 17.7. The first kappa shape index (κ1) is 31.6. The van der Waals surface area contributed by atoms with Gasteiger partial charge in [-0.25, -0.2) is 19.0 Å². The van der Waals surface area contributed by atoms with Crippen molar-refractivity contribution in [3.8, 4) is 5.75 Å². The van der Waals surface area contributed by atoms with Crippen molar-refractivity contribution in [2.75, 3.05) is 13.1 Å². The van der Waals surface area contributed by atoms with Gasteiger partial charge in [0.15, 0.2) is 0 Å². The molecule has 2 amide bonds. The lowest BCUT2D eigenvalue weighted by molar-refractivity contribution is -0.379. The summed E-state index contributed by atoms with van der Waals surface area (Å²) in [7, 11) is 0. The molecule has 2 saturated heterocycles. The van der Waals surface area contributed by atoms with Gasteiger partial charge >= 0.3 is 6.09 Å². The average Bonchev–Trinajstić information content (AvgIpc) is 3.42. The van der Waals surface area contributed by atoms with Crippen molar-refractivity contribution in [2.24, 2.45) is 23.7 Å². The molecule has 2 aliphatic heterocycles. The third kappa shape index (κ3) is 6.32. The van der Waals surface area contributed by atoms with Crippen molar-refractivity contribution in [3.63, 3.8) is 0 Å². The van der Waals surface area contributed by atoms with E-state index in [0.29, 0.717) is 55.0 Å². The molecule has 7 nitrogen and oxygen atoms in total. The zero-order chi connectivity index (χ0) is 31.9. The maximum absolute atomic E-state index is 13.2. The molecule has 0 radical (unpaired) electrons. The predicted molar refractivity (Wildman–Crippen MR) is 173 cm³/mol. The van der Waals surface area contributed by atoms with Gasteiger partial charge in [-0.1, -0.05) is 32.4 Å². The van der Waals surface area contributed by atoms with Crippen molar-refractivity contribution >= 4 is 12.0 Å². The molecular formula is C38H49FN2O5. The van der Waals surface area contributed by atoms with Crippen molar-refractivity contribution in [3.05, 3.63) is 65.5 Å². The second kappa shape index (κ2) is 12.9. The molecule has 46 heavy (non-hydrogen) atoms. The average molecular weight is 633 g/mol. The van der Waals surface area contributed by atoms with Crippen LogP contribution in [-0.2, 0) is 9.78 Å². The number of amides is 2. The van der Waals surface area contributed by atoms with Crippen LogP contribution < -0.4 is 10.1 Å². The lowest BCUT2D eigenvalue weighted by Crippen LogP contribution is -2.53. The highest BCUT2D eigenvalue weighted by Crippen LogP contribution is 2.61. The number of likely N-dealkylation sites (tertiary alicyclic amines) is 1. The maximum Gasteiger partial charge on any atom is 0.415 e. The molecular weight excluding hydrogens is 583 g/mol. The van der Waals surface area contributed by atoms with Gasteiger partial charge in [-0.15, -0.1) is 0 Å². The van der Waals surface area contributed by atoms with E-state index in [9.17, 15) is 14.0 Å². The number of ether oxygens (including phenoxy) is 1. The summed E-state index contributed by atoms with van der Waals surface area (Å²) in [5, 5.41) is 3.00. The number of rotatable bonds is 5. The molecule has 2 spiro atoms. The summed E-state index contributed by atoms with van der Waals surface area (Å²) in [6, 6.07) is 13.5. The molecule has 7 atom stereocenters. The molecule has 248 valence electrons. The SMILES string of the molecule is CCC1CC2CC(C)CC(C2)[C@]12C[C@]1(CCCC(c3ccc(OC(=O)N4CCC(NC(=O)c5ccc(F)cc5)CC4)cc3)C1)OO2. The summed E-state index contributed by atoms with van der Waals surface area (Å²) < 4.78 is 18.9. The first-order valence-electron chi connectivity index (χ1n) is 17.7. The summed E-state index contributed by atoms with van der Waals surface area (Å²) in [5.74, 6) is 3.16. The van der Waals surface area contributed by atoms with E-state index in [0.717, 1.165) is 50.4 Å². The van der Waals surface area contributed by atoms with E-state index >= 15 is 0 Å². The third-order valence-corrected chi connectivity index (χ3v) is 12.1. The van der Waals surface area contributed by atoms with E-state index < -0.39 is 0 Å². The van der Waals surface area contributed by atoms with Crippen LogP contribution in [0.4, 0.5) is 9.18 Å². The number of nitrogens with zero attached hydrogens (tertiary/aromatic N) is 1. The van der Waals surface area contributed by atoms with Gasteiger partial charge in [0.25, 0.3) is 5.91 Å². The number of halogens is 1. The summed E-state index contributed by atoms with van der Waals surface area (Å²) in [5.41, 5.74) is 1.36. The molecule has 3 saturated carbocycles. The number of benzene rings is 2. The number of nitrogens with one attached hydrogen (secondary N) is 1. The number of piperidine rings is 1. The Morgan fingerprint density at radius 3 is 2.48 bits per heavy atom. The van der Waals surface area contributed by atoms with E-state index in [1.165, 1.54) is 55.5 Å². The Balaban J connectivity index is 0.921. The topological polar surface area (TPSA) is 77.1 Å². The van der Waals surface area contributed by atoms with E-state index in [1.54, 1.807) is 4.90 Å². The molecule has 7 rings (SSSR count). The molecule has 5 unspecified atom stereocenters. The molecule has 5 aliphatic rings. The molecule has 8 heteroatoms. The van der Waals surface area contributed by atoms with Gasteiger partial charge < -0.3 is 15.0 Å². The fraction of sp³-hybridized carbons (Fsp3) is 0.632. The van der Waals surface area contributed by atoms with Crippen molar-refractivity contribution in [1.82, 2.24) is 10.2 Å². The van der Waals surface area contributed by atoms with Gasteiger partial charge in [0.2, 0.25) is 0 Å². The molecule has 3 aliphatic carbocycles. The van der Waals surface area contributed by atoms with E-state index in [2.05, 4.69) is 31.3 Å². The highest BCUT2D eigenvalue weighted by atomic mass is 19.1. The normalized spacial score (nSPS) is 34.5. The highest BCUT2D eigenvalue weighted by molar-refractivity contribution is 5.94. The van der Waals surface area contributed by atoms with Gasteiger partial charge in [0.1, 0.15) is 22.8 Å². The molecule has 5 fully saturated rings. The van der Waals surface area contributed by atoms with Crippen LogP contribution in [0.3, 0.4) is 0 Å². The zero-order valence-electron chi connectivity index (χ0n) is 27.3. The Labute approximate surface area is 272 Å². The molecule has 0 aromatic heterocycles. The summed E-state index contributed by atoms with van der Waals surface area (Å²) >= 11 is 0. The van der Waals surface area contributed by atoms with Gasteiger partial charge in [-0.2, -0.15) is 0 Å². The number of carbonyl (C=O) groups excluding carboxylic acids is 2. The summed E-state index contributed by atoms with van der Waals surface area (Å²) in [6.07, 6.45) is 12.6. The van der Waals surface area contributed by atoms with Crippen LogP contribution >= 0.6 is 0 Å². The van der Waals surface area contributed by atoms with E-state index in [4.69, 9.17) is 14.5 Å². The van der Waals surface area contributed by atoms with Gasteiger partial charge in [0.05, 0.1) is 0 Å². The van der Waals surface area contributed by atoms with Gasteiger partial charge in [0, 0.05) is 31.1 Å². The molecule has 2 aromatic carbocycles. The van der Waals surface area contributed by atoms with Crippen molar-refractivity contribution in [2.45, 2.75) is 114 Å². The molecule has 2 aromatic rings. The lowest BCUT2D eigenvalue weighted by Gasteiger charge is -2.52. The second-order valence-corrected chi connectivity index (χ2v) is 15.2. The Hall–Kier alpha value is -2.97. The van der Waals surface area contributed by atoms with Crippen LogP contribution in [0.1, 0.15) is 113 Å². The van der Waals surface area contributed by atoms with Crippen LogP contribution in [0.15, 0.2) is 48.5 Å². The second-order valence-electron chi connectivity index (χ2n) is 15.2. The fourth-order valence-electron chi connectivity index (χ4n) is 9.83. The monoisotopic (exact) mass is 632 g/mol.